The molecule has 0 spiro atoms. The summed E-state index contributed by atoms with van der Waals surface area (Å²) in [7, 11) is -0.370. The molecule has 1 aliphatic heterocycles. The quantitative estimate of drug-likeness (QED) is 0.748. The van der Waals surface area contributed by atoms with Gasteiger partial charge in [0.15, 0.2) is 0 Å². The Hall–Kier alpha value is -1.06. The van der Waals surface area contributed by atoms with Gasteiger partial charge in [-0.2, -0.15) is 0 Å². The molecular formula is C16H23BO2. The molecule has 1 heterocycles. The van der Waals surface area contributed by atoms with E-state index in [4.69, 9.17) is 9.31 Å². The first-order valence-corrected chi connectivity index (χ1v) is 6.77. The van der Waals surface area contributed by atoms with Crippen molar-refractivity contribution in [3.05, 3.63) is 41.5 Å². The van der Waals surface area contributed by atoms with Gasteiger partial charge in [-0.05, 0) is 63.7 Å². The fourth-order valence-electron chi connectivity index (χ4n) is 2.21. The highest BCUT2D eigenvalue weighted by Crippen LogP contribution is 2.40. The molecule has 0 unspecified atom stereocenters. The van der Waals surface area contributed by atoms with Crippen molar-refractivity contribution in [3.63, 3.8) is 0 Å². The topological polar surface area (TPSA) is 18.5 Å². The maximum Gasteiger partial charge on any atom is 0.494 e. The highest BCUT2D eigenvalue weighted by atomic mass is 16.7. The van der Waals surface area contributed by atoms with E-state index in [1.54, 1.807) is 0 Å². The van der Waals surface area contributed by atoms with Crippen LogP contribution in [0.25, 0.3) is 5.47 Å². The van der Waals surface area contributed by atoms with E-state index >= 15 is 0 Å². The molecule has 1 aliphatic rings. The lowest BCUT2D eigenvalue weighted by Gasteiger charge is -2.32. The van der Waals surface area contributed by atoms with E-state index in [9.17, 15) is 0 Å². The van der Waals surface area contributed by atoms with Gasteiger partial charge in [0.25, 0.3) is 0 Å². The van der Waals surface area contributed by atoms with E-state index in [1.807, 2.05) is 6.07 Å². The third-order valence-electron chi connectivity index (χ3n) is 4.49. The summed E-state index contributed by atoms with van der Waals surface area (Å²) in [5, 5.41) is 0. The third kappa shape index (κ3) is 2.37. The van der Waals surface area contributed by atoms with E-state index in [0.29, 0.717) is 0 Å². The maximum absolute atomic E-state index is 6.05. The van der Waals surface area contributed by atoms with Crippen molar-refractivity contribution in [2.24, 2.45) is 0 Å². The highest BCUT2D eigenvalue weighted by Gasteiger charge is 2.52. The largest absolute Gasteiger partial charge is 0.494 e. The minimum Gasteiger partial charge on any atom is -0.399 e. The lowest BCUT2D eigenvalue weighted by Crippen LogP contribution is -2.41. The highest BCUT2D eigenvalue weighted by molar-refractivity contribution is 6.68. The number of benzene rings is 1. The molecule has 0 amide bonds. The second kappa shape index (κ2) is 4.50. The van der Waals surface area contributed by atoms with Crippen molar-refractivity contribution in [2.75, 3.05) is 0 Å². The SMILES string of the molecule is C=C(B1OC(C)(C)C(C)(C)O1)c1cccc(C)c1C. The van der Waals surface area contributed by atoms with Crippen molar-refractivity contribution < 1.29 is 9.31 Å². The van der Waals surface area contributed by atoms with Gasteiger partial charge in [-0.15, -0.1) is 0 Å². The average molecular weight is 258 g/mol. The Labute approximate surface area is 117 Å². The van der Waals surface area contributed by atoms with Crippen molar-refractivity contribution in [1.82, 2.24) is 0 Å². The smallest absolute Gasteiger partial charge is 0.399 e. The summed E-state index contributed by atoms with van der Waals surface area (Å²) >= 11 is 0. The van der Waals surface area contributed by atoms with Gasteiger partial charge in [-0.25, -0.2) is 0 Å². The number of hydrogen-bond acceptors (Lipinski definition) is 2. The Morgan fingerprint density at radius 1 is 1.05 bits per heavy atom. The average Bonchev–Trinajstić information content (AvgIpc) is 2.51. The van der Waals surface area contributed by atoms with Crippen molar-refractivity contribution in [3.8, 4) is 0 Å². The van der Waals surface area contributed by atoms with Crippen LogP contribution in [-0.2, 0) is 9.31 Å². The van der Waals surface area contributed by atoms with Gasteiger partial charge in [-0.1, -0.05) is 24.8 Å². The monoisotopic (exact) mass is 258 g/mol. The molecule has 102 valence electrons. The Morgan fingerprint density at radius 3 is 2.11 bits per heavy atom. The zero-order valence-corrected chi connectivity index (χ0v) is 12.8. The van der Waals surface area contributed by atoms with Gasteiger partial charge in [0.05, 0.1) is 11.2 Å². The first-order valence-electron chi connectivity index (χ1n) is 6.77. The molecule has 1 aromatic rings. The second-order valence-electron chi connectivity index (χ2n) is 6.36. The lowest BCUT2D eigenvalue weighted by atomic mass is 9.73. The Bertz CT molecular complexity index is 501. The minimum absolute atomic E-state index is 0.321. The predicted octanol–water partition coefficient (Wildman–Crippen LogP) is 3.95. The van der Waals surface area contributed by atoms with Gasteiger partial charge in [0, 0.05) is 0 Å². The summed E-state index contributed by atoms with van der Waals surface area (Å²) in [5.41, 5.74) is 3.88. The van der Waals surface area contributed by atoms with Crippen molar-refractivity contribution in [1.29, 1.82) is 0 Å². The number of hydrogen-bond donors (Lipinski definition) is 0. The standard InChI is InChI=1S/C16H23BO2/c1-11-9-8-10-14(12(11)2)13(3)17-18-15(4,5)16(6,7)19-17/h8-10H,3H2,1-2,4-7H3. The predicted molar refractivity (Wildman–Crippen MR) is 81.0 cm³/mol. The first-order chi connectivity index (χ1) is 8.66. The molecule has 0 saturated carbocycles. The van der Waals surface area contributed by atoms with Crippen LogP contribution in [-0.4, -0.2) is 18.3 Å². The van der Waals surface area contributed by atoms with Crippen LogP contribution in [0, 0.1) is 13.8 Å². The van der Waals surface area contributed by atoms with E-state index in [-0.39, 0.29) is 18.3 Å². The van der Waals surface area contributed by atoms with Crippen LogP contribution in [0.3, 0.4) is 0 Å². The van der Waals surface area contributed by atoms with Crippen LogP contribution in [0.5, 0.6) is 0 Å². The van der Waals surface area contributed by atoms with E-state index in [1.165, 1.54) is 11.1 Å². The molecule has 0 atom stereocenters. The summed E-state index contributed by atoms with van der Waals surface area (Å²) in [5.74, 6) is 0. The number of aryl methyl sites for hydroxylation is 1. The fraction of sp³-hybridized carbons (Fsp3) is 0.500. The molecule has 0 aliphatic carbocycles. The van der Waals surface area contributed by atoms with E-state index in [0.717, 1.165) is 11.0 Å². The molecule has 0 aromatic heterocycles. The van der Waals surface area contributed by atoms with Crippen LogP contribution in [0.15, 0.2) is 24.8 Å². The summed E-state index contributed by atoms with van der Waals surface area (Å²) in [4.78, 5) is 0. The molecular weight excluding hydrogens is 235 g/mol. The normalized spacial score (nSPS) is 20.6. The zero-order valence-electron chi connectivity index (χ0n) is 12.8. The summed E-state index contributed by atoms with van der Waals surface area (Å²) in [6.07, 6.45) is 0. The molecule has 2 rings (SSSR count). The molecule has 0 bridgehead atoms. The van der Waals surface area contributed by atoms with E-state index < -0.39 is 0 Å². The molecule has 1 saturated heterocycles. The molecule has 3 heteroatoms. The van der Waals surface area contributed by atoms with Crippen molar-refractivity contribution >= 4 is 12.6 Å². The van der Waals surface area contributed by atoms with Gasteiger partial charge in [-0.3, -0.25) is 0 Å². The van der Waals surface area contributed by atoms with Crippen LogP contribution < -0.4 is 0 Å². The van der Waals surface area contributed by atoms with Crippen LogP contribution >= 0.6 is 0 Å². The molecule has 0 N–H and O–H groups in total. The van der Waals surface area contributed by atoms with Crippen LogP contribution in [0.4, 0.5) is 0 Å². The summed E-state index contributed by atoms with van der Waals surface area (Å²) < 4.78 is 12.1. The lowest BCUT2D eigenvalue weighted by molar-refractivity contribution is 0.00578. The third-order valence-corrected chi connectivity index (χ3v) is 4.49. The van der Waals surface area contributed by atoms with Gasteiger partial charge < -0.3 is 9.31 Å². The Morgan fingerprint density at radius 2 is 1.58 bits per heavy atom. The van der Waals surface area contributed by atoms with Crippen LogP contribution in [0.2, 0.25) is 0 Å². The Kier molecular flexibility index (Phi) is 3.40. The van der Waals surface area contributed by atoms with Gasteiger partial charge >= 0.3 is 7.12 Å². The first kappa shape index (κ1) is 14.4. The van der Waals surface area contributed by atoms with E-state index in [2.05, 4.69) is 60.3 Å². The minimum atomic E-state index is -0.370. The van der Waals surface area contributed by atoms with Gasteiger partial charge in [0.1, 0.15) is 0 Å². The zero-order chi connectivity index (χ0) is 14.4. The number of rotatable bonds is 2. The molecule has 1 fully saturated rings. The summed E-state index contributed by atoms with van der Waals surface area (Å²) in [6, 6.07) is 6.24. The summed E-state index contributed by atoms with van der Waals surface area (Å²) in [6.45, 7) is 16.6. The fourth-order valence-corrected chi connectivity index (χ4v) is 2.21. The molecule has 2 nitrogen and oxygen atoms in total. The molecule has 0 radical (unpaired) electrons. The van der Waals surface area contributed by atoms with Crippen LogP contribution in [0.1, 0.15) is 44.4 Å². The molecule has 1 aromatic carbocycles. The second-order valence-corrected chi connectivity index (χ2v) is 6.36. The van der Waals surface area contributed by atoms with Crippen molar-refractivity contribution in [2.45, 2.75) is 52.7 Å². The molecule has 19 heavy (non-hydrogen) atoms. The van der Waals surface area contributed by atoms with Gasteiger partial charge in [0.2, 0.25) is 0 Å². The Balaban J connectivity index is 2.30. The maximum atomic E-state index is 6.05.